The SMILES string of the molecule is CS(=O)(=O)N1CCC[C@@H](CNC(=O)c2cccc(-n3cnnc3)n2)C1. The smallest absolute Gasteiger partial charge is 0.269 e. The van der Waals surface area contributed by atoms with Crippen LogP contribution in [0.3, 0.4) is 0 Å². The number of nitrogens with zero attached hydrogens (tertiary/aromatic N) is 5. The fourth-order valence-electron chi connectivity index (χ4n) is 2.83. The van der Waals surface area contributed by atoms with E-state index in [-0.39, 0.29) is 11.8 Å². The summed E-state index contributed by atoms with van der Waals surface area (Å²) in [5, 5.41) is 10.3. The highest BCUT2D eigenvalue weighted by Crippen LogP contribution is 2.18. The van der Waals surface area contributed by atoms with Crippen LogP contribution in [0.4, 0.5) is 0 Å². The Bertz CT molecular complexity index is 837. The van der Waals surface area contributed by atoms with Crippen LogP contribution < -0.4 is 5.32 Å². The van der Waals surface area contributed by atoms with Crippen molar-refractivity contribution in [2.75, 3.05) is 25.9 Å². The lowest BCUT2D eigenvalue weighted by Gasteiger charge is -2.30. The van der Waals surface area contributed by atoms with E-state index in [0.717, 1.165) is 12.8 Å². The van der Waals surface area contributed by atoms with Crippen molar-refractivity contribution in [1.82, 2.24) is 29.4 Å². The van der Waals surface area contributed by atoms with Gasteiger partial charge in [-0.25, -0.2) is 17.7 Å². The van der Waals surface area contributed by atoms with Gasteiger partial charge in [0.1, 0.15) is 24.2 Å². The molecule has 0 radical (unpaired) electrons. The van der Waals surface area contributed by atoms with E-state index < -0.39 is 10.0 Å². The minimum Gasteiger partial charge on any atom is -0.350 e. The first-order valence-corrected chi connectivity index (χ1v) is 9.83. The molecule has 1 amide bonds. The molecule has 1 aliphatic heterocycles. The first kappa shape index (κ1) is 17.5. The van der Waals surface area contributed by atoms with Gasteiger partial charge in [0.15, 0.2) is 0 Å². The summed E-state index contributed by atoms with van der Waals surface area (Å²) in [6.07, 6.45) is 5.92. The molecule has 134 valence electrons. The minimum absolute atomic E-state index is 0.105. The summed E-state index contributed by atoms with van der Waals surface area (Å²) < 4.78 is 26.4. The molecule has 2 aromatic rings. The number of aromatic nitrogens is 4. The molecule has 0 aliphatic carbocycles. The molecular formula is C15H20N6O3S. The van der Waals surface area contributed by atoms with Crippen LogP contribution in [0.5, 0.6) is 0 Å². The van der Waals surface area contributed by atoms with E-state index in [9.17, 15) is 13.2 Å². The predicted molar refractivity (Wildman–Crippen MR) is 90.6 cm³/mol. The van der Waals surface area contributed by atoms with E-state index in [1.165, 1.54) is 23.2 Å². The van der Waals surface area contributed by atoms with Crippen LogP contribution in [0.2, 0.25) is 0 Å². The zero-order chi connectivity index (χ0) is 17.9. The summed E-state index contributed by atoms with van der Waals surface area (Å²) in [5.41, 5.74) is 0.293. The highest BCUT2D eigenvalue weighted by molar-refractivity contribution is 7.88. The second-order valence-electron chi connectivity index (χ2n) is 6.09. The number of carbonyl (C=O) groups excluding carboxylic acids is 1. The minimum atomic E-state index is -3.19. The first-order chi connectivity index (χ1) is 11.9. The highest BCUT2D eigenvalue weighted by Gasteiger charge is 2.26. The molecule has 1 atom stereocenters. The van der Waals surface area contributed by atoms with Gasteiger partial charge in [-0.1, -0.05) is 6.07 Å². The molecule has 0 unspecified atom stereocenters. The molecule has 1 saturated heterocycles. The zero-order valence-corrected chi connectivity index (χ0v) is 14.7. The molecule has 9 nitrogen and oxygen atoms in total. The van der Waals surface area contributed by atoms with Crippen molar-refractivity contribution in [3.63, 3.8) is 0 Å². The van der Waals surface area contributed by atoms with Gasteiger partial charge in [-0.3, -0.25) is 9.36 Å². The number of nitrogens with one attached hydrogen (secondary N) is 1. The van der Waals surface area contributed by atoms with E-state index in [1.54, 1.807) is 22.8 Å². The molecule has 25 heavy (non-hydrogen) atoms. The lowest BCUT2D eigenvalue weighted by molar-refractivity contribution is 0.0936. The Morgan fingerprint density at radius 1 is 1.32 bits per heavy atom. The van der Waals surface area contributed by atoms with Crippen LogP contribution in [0.1, 0.15) is 23.3 Å². The first-order valence-electron chi connectivity index (χ1n) is 7.99. The van der Waals surface area contributed by atoms with Crippen molar-refractivity contribution in [2.45, 2.75) is 12.8 Å². The number of hydrogen-bond donors (Lipinski definition) is 1. The topological polar surface area (TPSA) is 110 Å². The second-order valence-corrected chi connectivity index (χ2v) is 8.07. The van der Waals surface area contributed by atoms with E-state index in [1.807, 2.05) is 0 Å². The molecular weight excluding hydrogens is 344 g/mol. The number of amides is 1. The van der Waals surface area contributed by atoms with Gasteiger partial charge in [-0.2, -0.15) is 0 Å². The lowest BCUT2D eigenvalue weighted by Crippen LogP contribution is -2.43. The summed E-state index contributed by atoms with van der Waals surface area (Å²) in [7, 11) is -3.19. The normalized spacial score (nSPS) is 18.8. The predicted octanol–water partition coefficient (Wildman–Crippen LogP) is 0.0637. The van der Waals surface area contributed by atoms with Gasteiger partial charge in [-0.15, -0.1) is 10.2 Å². The highest BCUT2D eigenvalue weighted by atomic mass is 32.2. The number of rotatable bonds is 5. The summed E-state index contributed by atoms with van der Waals surface area (Å²) in [6.45, 7) is 1.41. The second kappa shape index (κ2) is 7.28. The van der Waals surface area contributed by atoms with E-state index >= 15 is 0 Å². The Morgan fingerprint density at radius 2 is 2.08 bits per heavy atom. The molecule has 10 heteroatoms. The van der Waals surface area contributed by atoms with Gasteiger partial charge in [0.25, 0.3) is 5.91 Å². The number of pyridine rings is 1. The maximum Gasteiger partial charge on any atom is 0.269 e. The molecule has 2 aromatic heterocycles. The van der Waals surface area contributed by atoms with Crippen molar-refractivity contribution in [2.24, 2.45) is 5.92 Å². The van der Waals surface area contributed by atoms with Gasteiger partial charge in [0.2, 0.25) is 10.0 Å². The number of carbonyl (C=O) groups is 1. The molecule has 0 aromatic carbocycles. The molecule has 3 heterocycles. The van der Waals surface area contributed by atoms with Gasteiger partial charge in [-0.05, 0) is 30.9 Å². The third-order valence-electron chi connectivity index (χ3n) is 4.15. The molecule has 0 spiro atoms. The summed E-state index contributed by atoms with van der Waals surface area (Å²) in [5.74, 6) is 0.374. The Balaban J connectivity index is 1.60. The summed E-state index contributed by atoms with van der Waals surface area (Å²) in [6, 6.07) is 5.13. The Morgan fingerprint density at radius 3 is 2.80 bits per heavy atom. The molecule has 1 N–H and O–H groups in total. The number of hydrogen-bond acceptors (Lipinski definition) is 6. The molecule has 1 aliphatic rings. The summed E-state index contributed by atoms with van der Waals surface area (Å²) >= 11 is 0. The summed E-state index contributed by atoms with van der Waals surface area (Å²) in [4.78, 5) is 16.6. The van der Waals surface area contributed by atoms with Gasteiger partial charge < -0.3 is 5.32 Å². The Hall–Kier alpha value is -2.33. The van der Waals surface area contributed by atoms with Crippen molar-refractivity contribution in [3.05, 3.63) is 36.5 Å². The average molecular weight is 364 g/mol. The van der Waals surface area contributed by atoms with E-state index in [4.69, 9.17) is 0 Å². The zero-order valence-electron chi connectivity index (χ0n) is 13.9. The van der Waals surface area contributed by atoms with Crippen LogP contribution >= 0.6 is 0 Å². The van der Waals surface area contributed by atoms with E-state index in [0.29, 0.717) is 31.1 Å². The third-order valence-corrected chi connectivity index (χ3v) is 5.42. The fraction of sp³-hybridized carbons (Fsp3) is 0.467. The maximum atomic E-state index is 12.3. The monoisotopic (exact) mass is 364 g/mol. The van der Waals surface area contributed by atoms with Gasteiger partial charge in [0, 0.05) is 19.6 Å². The number of piperidine rings is 1. The molecule has 0 saturated carbocycles. The molecule has 3 rings (SSSR count). The van der Waals surface area contributed by atoms with Crippen molar-refractivity contribution in [1.29, 1.82) is 0 Å². The van der Waals surface area contributed by atoms with Crippen molar-refractivity contribution >= 4 is 15.9 Å². The number of sulfonamides is 1. The fourth-order valence-corrected chi connectivity index (χ4v) is 3.78. The van der Waals surface area contributed by atoms with Crippen LogP contribution in [0.25, 0.3) is 5.82 Å². The maximum absolute atomic E-state index is 12.3. The Kier molecular flexibility index (Phi) is 5.09. The lowest BCUT2D eigenvalue weighted by atomic mass is 10.00. The molecule has 1 fully saturated rings. The van der Waals surface area contributed by atoms with Crippen LogP contribution in [-0.2, 0) is 10.0 Å². The van der Waals surface area contributed by atoms with E-state index in [2.05, 4.69) is 20.5 Å². The molecule has 0 bridgehead atoms. The Labute approximate surface area is 146 Å². The van der Waals surface area contributed by atoms with Crippen molar-refractivity contribution < 1.29 is 13.2 Å². The standard InChI is InChI=1S/C15H20N6O3S/c1-25(23,24)21-7-3-4-12(9-21)8-16-15(22)13-5-2-6-14(19-13)20-10-17-18-11-20/h2,5-6,10-12H,3-4,7-9H2,1H3,(H,16,22)/t12-/m0/s1. The van der Waals surface area contributed by atoms with Crippen LogP contribution in [0, 0.1) is 5.92 Å². The third kappa shape index (κ3) is 4.40. The quantitative estimate of drug-likeness (QED) is 0.803. The van der Waals surface area contributed by atoms with Crippen LogP contribution in [0.15, 0.2) is 30.9 Å². The average Bonchev–Trinajstić information content (AvgIpc) is 3.14. The van der Waals surface area contributed by atoms with Gasteiger partial charge >= 0.3 is 0 Å². The van der Waals surface area contributed by atoms with Gasteiger partial charge in [0.05, 0.1) is 6.26 Å². The van der Waals surface area contributed by atoms with Crippen LogP contribution in [-0.4, -0.2) is 64.3 Å². The van der Waals surface area contributed by atoms with Crippen molar-refractivity contribution in [3.8, 4) is 5.82 Å². The largest absolute Gasteiger partial charge is 0.350 e.